The number of esters is 1. The van der Waals surface area contributed by atoms with Gasteiger partial charge in [-0.15, -0.1) is 0 Å². The number of fused-ring (bicyclic) bond motifs is 2. The summed E-state index contributed by atoms with van der Waals surface area (Å²) in [5.74, 6) is -0.501. The Morgan fingerprint density at radius 3 is 2.38 bits per heavy atom. The Labute approximate surface area is 303 Å². The lowest BCUT2D eigenvalue weighted by molar-refractivity contribution is -0.438. The Morgan fingerprint density at radius 1 is 0.920 bits per heavy atom. The second-order valence-electron chi connectivity index (χ2n) is 14.6. The minimum Gasteiger partial charge on any atom is -0.748 e. The van der Waals surface area contributed by atoms with Crippen LogP contribution in [-0.4, -0.2) is 55.2 Å². The molecule has 0 saturated heterocycles. The molecule has 2 heterocycles. The van der Waals surface area contributed by atoms with E-state index >= 15 is 0 Å². The fourth-order valence-electron chi connectivity index (χ4n) is 7.70. The normalized spacial score (nSPS) is 19.9. The van der Waals surface area contributed by atoms with E-state index in [0.29, 0.717) is 25.8 Å². The molecule has 0 amide bonds. The summed E-state index contributed by atoms with van der Waals surface area (Å²) in [7, 11) is -2.80. The van der Waals surface area contributed by atoms with E-state index in [1.807, 2.05) is 6.07 Å². The Bertz CT molecular complexity index is 1870. The zero-order valence-corrected chi connectivity index (χ0v) is 31.7. The number of para-hydroxylation sites is 2. The Balaban J connectivity index is 1.41. The number of halogens is 1. The number of nitrogens with zero attached hydrogens (tertiary/aromatic N) is 2. The SMILES string of the molecule is COC(=O)CCCCC[N+]1=C(/C=C/C2=C(Cl)C(=C/C=C3/N(CCCCS(=O)(=O)[O-])c4ccccc4C3(C)C)/CCC2)C(C)(C)c2ccccc21. The number of carbonyl (C=O) groups is 1. The van der Waals surface area contributed by atoms with Gasteiger partial charge in [-0.05, 0) is 87.6 Å². The second kappa shape index (κ2) is 15.8. The summed E-state index contributed by atoms with van der Waals surface area (Å²) in [5.41, 5.74) is 9.07. The van der Waals surface area contributed by atoms with Crippen molar-refractivity contribution in [1.29, 1.82) is 0 Å². The molecule has 5 rings (SSSR count). The highest BCUT2D eigenvalue weighted by Gasteiger charge is 2.44. The number of rotatable bonds is 14. The molecule has 7 nitrogen and oxygen atoms in total. The zero-order valence-electron chi connectivity index (χ0n) is 30.1. The van der Waals surface area contributed by atoms with Gasteiger partial charge in [0.15, 0.2) is 5.71 Å². The van der Waals surface area contributed by atoms with Crippen LogP contribution in [-0.2, 0) is 30.5 Å². The van der Waals surface area contributed by atoms with Crippen LogP contribution in [0.15, 0.2) is 94.7 Å². The average Bonchev–Trinajstić information content (AvgIpc) is 3.43. The van der Waals surface area contributed by atoms with Gasteiger partial charge in [0.1, 0.15) is 6.54 Å². The van der Waals surface area contributed by atoms with Crippen LogP contribution >= 0.6 is 11.6 Å². The maximum absolute atomic E-state index is 11.6. The van der Waals surface area contributed by atoms with Gasteiger partial charge < -0.3 is 14.2 Å². The first-order valence-electron chi connectivity index (χ1n) is 17.9. The molecule has 0 N–H and O–H groups in total. The fourth-order valence-corrected chi connectivity index (χ4v) is 8.57. The maximum Gasteiger partial charge on any atom is 0.305 e. The predicted molar refractivity (Wildman–Crippen MR) is 202 cm³/mol. The number of carbonyl (C=O) groups excluding carboxylic acids is 1. The molecule has 0 bridgehead atoms. The molecule has 0 radical (unpaired) electrons. The van der Waals surface area contributed by atoms with Crippen molar-refractivity contribution in [2.24, 2.45) is 0 Å². The van der Waals surface area contributed by atoms with E-state index in [1.54, 1.807) is 0 Å². The van der Waals surface area contributed by atoms with Crippen molar-refractivity contribution in [2.75, 3.05) is 30.9 Å². The summed E-state index contributed by atoms with van der Waals surface area (Å²) in [6.45, 7) is 10.5. The van der Waals surface area contributed by atoms with Crippen LogP contribution in [0.1, 0.15) is 96.6 Å². The van der Waals surface area contributed by atoms with E-state index in [1.165, 1.54) is 29.6 Å². The third-order valence-corrected chi connectivity index (χ3v) is 11.7. The molecule has 2 aromatic carbocycles. The summed E-state index contributed by atoms with van der Waals surface area (Å²) in [4.78, 5) is 13.9. The van der Waals surface area contributed by atoms with Crippen molar-refractivity contribution in [3.05, 3.63) is 106 Å². The lowest BCUT2D eigenvalue weighted by Crippen LogP contribution is -2.28. The minimum absolute atomic E-state index is 0.156. The topological polar surface area (TPSA) is 89.8 Å². The van der Waals surface area contributed by atoms with Crippen molar-refractivity contribution >= 4 is 44.8 Å². The zero-order chi connectivity index (χ0) is 36.1. The number of anilines is 1. The van der Waals surface area contributed by atoms with E-state index in [9.17, 15) is 17.8 Å². The first-order chi connectivity index (χ1) is 23.8. The molecule has 0 saturated carbocycles. The Morgan fingerprint density at radius 2 is 1.64 bits per heavy atom. The van der Waals surface area contributed by atoms with Crippen LogP contribution in [0, 0.1) is 0 Å². The van der Waals surface area contributed by atoms with E-state index < -0.39 is 10.1 Å². The smallest absolute Gasteiger partial charge is 0.305 e. The monoisotopic (exact) mass is 718 g/mol. The number of hydrogen-bond acceptors (Lipinski definition) is 6. The molecule has 0 spiro atoms. The highest BCUT2D eigenvalue weighted by molar-refractivity contribution is 7.85. The average molecular weight is 719 g/mol. The second-order valence-corrected chi connectivity index (χ2v) is 16.5. The highest BCUT2D eigenvalue weighted by Crippen LogP contribution is 2.48. The molecule has 0 atom stereocenters. The quantitative estimate of drug-likeness (QED) is 0.0839. The molecule has 50 heavy (non-hydrogen) atoms. The van der Waals surface area contributed by atoms with Crippen molar-refractivity contribution in [1.82, 2.24) is 0 Å². The van der Waals surface area contributed by atoms with Crippen LogP contribution in [0.3, 0.4) is 0 Å². The maximum atomic E-state index is 11.6. The van der Waals surface area contributed by atoms with Crippen LogP contribution in [0.25, 0.3) is 0 Å². The van der Waals surface area contributed by atoms with E-state index in [0.717, 1.165) is 72.6 Å². The summed E-state index contributed by atoms with van der Waals surface area (Å²) in [6, 6.07) is 17.0. The van der Waals surface area contributed by atoms with E-state index in [4.69, 9.17) is 16.3 Å². The minimum atomic E-state index is -4.23. The van der Waals surface area contributed by atoms with Gasteiger partial charge in [0, 0.05) is 64.7 Å². The summed E-state index contributed by atoms with van der Waals surface area (Å²) >= 11 is 7.18. The number of hydrogen-bond donors (Lipinski definition) is 0. The number of ether oxygens (including phenoxy) is 1. The number of methoxy groups -OCH3 is 1. The third-order valence-electron chi connectivity index (χ3n) is 10.5. The van der Waals surface area contributed by atoms with E-state index in [-0.39, 0.29) is 22.6 Å². The van der Waals surface area contributed by atoms with Gasteiger partial charge in [0.2, 0.25) is 5.69 Å². The predicted octanol–water partition coefficient (Wildman–Crippen LogP) is 8.96. The first-order valence-corrected chi connectivity index (χ1v) is 19.8. The summed E-state index contributed by atoms with van der Waals surface area (Å²) in [6.07, 6.45) is 15.7. The number of allylic oxidation sites excluding steroid dienone is 8. The van der Waals surface area contributed by atoms with Gasteiger partial charge in [-0.1, -0.05) is 74.0 Å². The van der Waals surface area contributed by atoms with Gasteiger partial charge in [-0.2, -0.15) is 4.58 Å². The van der Waals surface area contributed by atoms with Gasteiger partial charge in [0.25, 0.3) is 0 Å². The lowest BCUT2D eigenvalue weighted by Gasteiger charge is -2.27. The number of unbranched alkanes of at least 4 members (excludes halogenated alkanes) is 3. The van der Waals surface area contributed by atoms with Crippen LogP contribution < -0.4 is 4.90 Å². The Hall–Kier alpha value is -3.46. The molecule has 9 heteroatoms. The third kappa shape index (κ3) is 8.35. The Kier molecular flexibility index (Phi) is 12.0. The van der Waals surface area contributed by atoms with Gasteiger partial charge in [0.05, 0.1) is 22.6 Å². The van der Waals surface area contributed by atoms with Crippen LogP contribution in [0.5, 0.6) is 0 Å². The molecule has 1 aliphatic carbocycles. The molecule has 0 unspecified atom stereocenters. The standard InChI is InChI=1S/C41H51ClN2O5S/c1-40(2)32-18-8-10-20-34(32)43(27-12-6-7-22-38(45)49-5)36(40)25-23-30-16-15-17-31(39(30)42)24-26-37-41(3,4)33-19-9-11-21-35(33)44(37)28-13-14-29-50(46,47)48/h8-11,18-21,23-26H,6-7,12-17,22,27-29H2,1-5H3. The lowest BCUT2D eigenvalue weighted by atomic mass is 9.81. The van der Waals surface area contributed by atoms with Gasteiger partial charge >= 0.3 is 5.97 Å². The molecule has 0 fully saturated rings. The molecule has 268 valence electrons. The molecule has 3 aliphatic rings. The molecule has 2 aliphatic heterocycles. The van der Waals surface area contributed by atoms with Crippen molar-refractivity contribution in [3.63, 3.8) is 0 Å². The van der Waals surface area contributed by atoms with Crippen molar-refractivity contribution < 1.29 is 27.1 Å². The van der Waals surface area contributed by atoms with Crippen LogP contribution in [0.2, 0.25) is 0 Å². The number of benzene rings is 2. The van der Waals surface area contributed by atoms with Gasteiger partial charge in [-0.25, -0.2) is 8.42 Å². The largest absolute Gasteiger partial charge is 0.748 e. The molecule has 2 aromatic rings. The van der Waals surface area contributed by atoms with E-state index in [2.05, 4.69) is 104 Å². The van der Waals surface area contributed by atoms with Gasteiger partial charge in [-0.3, -0.25) is 4.79 Å². The molecular formula is C41H51ClN2O5S. The fraction of sp³-hybridized carbons (Fsp3) is 0.463. The highest BCUT2D eigenvalue weighted by atomic mass is 35.5. The first kappa shape index (κ1) is 37.8. The molecule has 0 aromatic heterocycles. The van der Waals surface area contributed by atoms with Crippen molar-refractivity contribution in [3.8, 4) is 0 Å². The molecular weight excluding hydrogens is 668 g/mol. The summed E-state index contributed by atoms with van der Waals surface area (Å²) in [5, 5.41) is 0.799. The van der Waals surface area contributed by atoms with Crippen molar-refractivity contribution in [2.45, 2.75) is 96.3 Å². The van der Waals surface area contributed by atoms with Crippen LogP contribution in [0.4, 0.5) is 11.4 Å². The summed E-state index contributed by atoms with van der Waals surface area (Å²) < 4.78 is 40.9.